The van der Waals surface area contributed by atoms with Crippen LogP contribution in [0.1, 0.15) is 174 Å². The van der Waals surface area contributed by atoms with Crippen molar-refractivity contribution < 1.29 is 98.0 Å². The maximum absolute atomic E-state index is 13.8. The molecule has 6 aromatic rings. The van der Waals surface area contributed by atoms with Gasteiger partial charge in [0.15, 0.2) is 22.3 Å². The Morgan fingerprint density at radius 1 is 0.486 bits per heavy atom. The highest BCUT2D eigenvalue weighted by atomic mass is 19.4. The fourth-order valence-electron chi connectivity index (χ4n) is 11.3. The van der Waals surface area contributed by atoms with Crippen LogP contribution in [0, 0.1) is 5.41 Å². The molecule has 4 heterocycles. The standard InChI is InChI=1S/C71H87F6N15O17/c1-69(37-52(97)11-5-4-6-32-78,30-28-50(95)14-9-35-108-33-7-12-48(93)24-26-53(63(102)106-2)85-59(98)42-16-20-46(21-17-42)91(65(104)70(72,73)74)40-44-38-81-57-55(83-44)61(100)89-67(79)87-57)31-29-51(96)15-10-36-109-34-8-13-49(94)25-27-54(64(103)107-3)86-60(99)43-18-22-47(23-19-43)92(66(105)71(75,76)77)41-45-39-82-58-56(84-45)62(101)90-68(80)88-58/h16-23,38-39,53-54H,4-15,24-37,40-41,78H2,1-3H3,(H,85,98)(H,86,99)(H3,79,81,87,89,100)(H3,80,82,88,90,101)/t53-,54-/m0/s1. The van der Waals surface area contributed by atoms with Crippen molar-refractivity contribution in [2.75, 3.05) is 68.5 Å². The van der Waals surface area contributed by atoms with E-state index in [4.69, 9.17) is 36.1 Å². The number of carbonyl (C=O) groups is 11. The van der Waals surface area contributed by atoms with Crippen LogP contribution in [-0.4, -0.2) is 176 Å². The Balaban J connectivity index is 0.860. The summed E-state index contributed by atoms with van der Waals surface area (Å²) in [6.07, 6.45) is -3.75. The fraction of sp³-hybridized carbons (Fsp3) is 0.507. The van der Waals surface area contributed by atoms with Crippen LogP contribution < -0.4 is 48.8 Å². The number of Topliss-reactive ketones (excluding diaryl/α,β-unsaturated/α-hetero) is 5. The van der Waals surface area contributed by atoms with Crippen molar-refractivity contribution in [2.24, 2.45) is 11.1 Å². The Bertz CT molecular complexity index is 4060. The number of ketones is 5. The minimum Gasteiger partial charge on any atom is -0.467 e. The molecule has 0 saturated heterocycles. The molecule has 0 bridgehead atoms. The van der Waals surface area contributed by atoms with Gasteiger partial charge in [0.25, 0.3) is 22.9 Å². The highest BCUT2D eigenvalue weighted by Gasteiger charge is 2.45. The molecule has 0 aliphatic carbocycles. The van der Waals surface area contributed by atoms with Crippen molar-refractivity contribution in [3.8, 4) is 0 Å². The molecule has 0 radical (unpaired) electrons. The summed E-state index contributed by atoms with van der Waals surface area (Å²) in [5, 5.41) is 4.93. The van der Waals surface area contributed by atoms with E-state index in [0.29, 0.717) is 67.7 Å². The maximum Gasteiger partial charge on any atom is 0.471 e. The number of alkyl halides is 6. The number of esters is 2. The van der Waals surface area contributed by atoms with Crippen molar-refractivity contribution in [3.05, 3.63) is 104 Å². The van der Waals surface area contributed by atoms with Crippen molar-refractivity contribution in [2.45, 2.75) is 179 Å². The zero-order valence-corrected chi connectivity index (χ0v) is 60.2. The van der Waals surface area contributed by atoms with Crippen molar-refractivity contribution in [3.63, 3.8) is 0 Å². The largest absolute Gasteiger partial charge is 0.471 e. The number of halogens is 6. The van der Waals surface area contributed by atoms with E-state index in [1.54, 1.807) is 0 Å². The van der Waals surface area contributed by atoms with E-state index >= 15 is 0 Å². The number of fused-ring (bicyclic) bond motifs is 2. The Kier molecular flexibility index (Phi) is 33.5. The summed E-state index contributed by atoms with van der Waals surface area (Å²) >= 11 is 0. The lowest BCUT2D eigenvalue weighted by molar-refractivity contribution is -0.170. The zero-order valence-electron chi connectivity index (χ0n) is 60.2. The number of carbonyl (C=O) groups excluding carboxylic acids is 11. The molecular weight excluding hydrogens is 1450 g/mol. The Morgan fingerprint density at radius 2 is 0.844 bits per heavy atom. The van der Waals surface area contributed by atoms with E-state index in [-0.39, 0.29) is 194 Å². The van der Waals surface area contributed by atoms with E-state index in [2.05, 4.69) is 50.5 Å². The van der Waals surface area contributed by atoms with Gasteiger partial charge in [-0.1, -0.05) is 13.3 Å². The zero-order chi connectivity index (χ0) is 80.0. The molecule has 0 spiro atoms. The first-order chi connectivity index (χ1) is 51.7. The van der Waals surface area contributed by atoms with Crippen LogP contribution in [0.4, 0.5) is 49.6 Å². The van der Waals surface area contributed by atoms with Gasteiger partial charge in [0, 0.05) is 113 Å². The summed E-state index contributed by atoms with van der Waals surface area (Å²) in [6.45, 7) is 1.54. The van der Waals surface area contributed by atoms with Gasteiger partial charge in [-0.2, -0.15) is 36.3 Å². The van der Waals surface area contributed by atoms with Gasteiger partial charge < -0.3 is 46.8 Å². The third-order valence-electron chi connectivity index (χ3n) is 17.3. The molecule has 0 aliphatic heterocycles. The van der Waals surface area contributed by atoms with Gasteiger partial charge >= 0.3 is 36.1 Å². The number of methoxy groups -OCH3 is 2. The number of hydrogen-bond donors (Lipinski definition) is 7. The molecule has 2 aromatic carbocycles. The van der Waals surface area contributed by atoms with Crippen LogP contribution in [0.5, 0.6) is 0 Å². The first kappa shape index (κ1) is 87.0. The highest BCUT2D eigenvalue weighted by molar-refractivity contribution is 6.01. The number of aromatic amines is 2. The fourth-order valence-corrected chi connectivity index (χ4v) is 11.3. The summed E-state index contributed by atoms with van der Waals surface area (Å²) in [7, 11) is 2.14. The van der Waals surface area contributed by atoms with Crippen LogP contribution in [0.15, 0.2) is 70.5 Å². The van der Waals surface area contributed by atoms with Crippen molar-refractivity contribution >= 4 is 110 Å². The molecule has 4 aromatic heterocycles. The number of nitrogen functional groups attached to an aromatic ring is 2. The average molecular weight is 1540 g/mol. The lowest BCUT2D eigenvalue weighted by atomic mass is 9.75. The second-order valence-electron chi connectivity index (χ2n) is 25.9. The van der Waals surface area contributed by atoms with Crippen LogP contribution in [0.3, 0.4) is 0 Å². The third kappa shape index (κ3) is 28.3. The van der Waals surface area contributed by atoms with Gasteiger partial charge in [-0.15, -0.1) is 0 Å². The molecular formula is C71H87F6N15O17. The molecule has 0 unspecified atom stereocenters. The predicted molar refractivity (Wildman–Crippen MR) is 379 cm³/mol. The normalized spacial score (nSPS) is 12.2. The molecule has 2 atom stereocenters. The van der Waals surface area contributed by atoms with E-state index in [1.807, 2.05) is 6.92 Å². The maximum atomic E-state index is 13.8. The van der Waals surface area contributed by atoms with E-state index in [9.17, 15) is 88.7 Å². The number of anilines is 4. The average Bonchev–Trinajstić information content (AvgIpc) is 0.880. The third-order valence-corrected chi connectivity index (χ3v) is 17.3. The second-order valence-corrected chi connectivity index (χ2v) is 25.9. The van der Waals surface area contributed by atoms with Crippen LogP contribution in [0.2, 0.25) is 0 Å². The molecule has 4 amide bonds. The molecule has 0 fully saturated rings. The number of benzene rings is 2. The number of nitrogens with zero attached hydrogens (tertiary/aromatic N) is 8. The van der Waals surface area contributed by atoms with Crippen LogP contribution >= 0.6 is 0 Å². The number of aromatic nitrogens is 8. The van der Waals surface area contributed by atoms with Crippen molar-refractivity contribution in [1.29, 1.82) is 0 Å². The van der Waals surface area contributed by atoms with Gasteiger partial charge in [0.05, 0.1) is 51.1 Å². The summed E-state index contributed by atoms with van der Waals surface area (Å²) in [6, 6.07) is 6.03. The molecule has 0 saturated carbocycles. The predicted octanol–water partition coefficient (Wildman–Crippen LogP) is 6.37. The number of unbranched alkanes of at least 4 members (excludes halogenated alkanes) is 2. The van der Waals surface area contributed by atoms with E-state index in [0.717, 1.165) is 88.0 Å². The summed E-state index contributed by atoms with van der Waals surface area (Å²) in [5.74, 6) is -9.24. The molecule has 590 valence electrons. The first-order valence-corrected chi connectivity index (χ1v) is 34.9. The number of amides is 4. The van der Waals surface area contributed by atoms with E-state index < -0.39 is 89.6 Å². The number of H-pyrrole nitrogens is 2. The molecule has 0 aliphatic rings. The van der Waals surface area contributed by atoms with Crippen molar-refractivity contribution in [1.82, 2.24) is 50.5 Å². The molecule has 6 rings (SSSR count). The minimum atomic E-state index is -5.35. The SMILES string of the molecule is COC(=O)[C@H](CCC(=O)CCCOCCCC(=O)CCC(C)(CCC(=O)CCCOCCCC(=O)CC[C@H](NC(=O)c1ccc(N(Cc2cnc3nc(N)[nH]c(=O)c3n2)C(=O)C(F)(F)F)cc1)C(=O)OC)CC(=O)CCCCCN)NC(=O)c1ccc(N(Cc2cnc3nc(N)[nH]c(=O)c3n2)C(=O)C(F)(F)F)cc1. The topological polar surface area (TPSA) is 476 Å². The Labute approximate surface area is 619 Å². The van der Waals surface area contributed by atoms with Gasteiger partial charge in [-0.05, 0) is 125 Å². The quantitative estimate of drug-likeness (QED) is 0.0124. The van der Waals surface area contributed by atoms with Gasteiger partial charge in [0.1, 0.15) is 41.0 Å². The van der Waals surface area contributed by atoms with Gasteiger partial charge in [-0.3, -0.25) is 72.5 Å². The number of ether oxygens (including phenoxy) is 4. The molecule has 109 heavy (non-hydrogen) atoms. The second kappa shape index (κ2) is 42.0. The van der Waals surface area contributed by atoms with Crippen LogP contribution in [0.25, 0.3) is 22.3 Å². The monoisotopic (exact) mass is 1540 g/mol. The Hall–Kier alpha value is -10.9. The lowest BCUT2D eigenvalue weighted by Crippen LogP contribution is -2.42. The summed E-state index contributed by atoms with van der Waals surface area (Å²) in [5.41, 5.74) is 12.0. The van der Waals surface area contributed by atoms with Crippen LogP contribution in [-0.2, 0) is 75.2 Å². The number of nitrogens with one attached hydrogen (secondary N) is 4. The molecule has 32 nitrogen and oxygen atoms in total. The minimum absolute atomic E-state index is 0.0200. The number of nitrogens with two attached hydrogens (primary N) is 3. The summed E-state index contributed by atoms with van der Waals surface area (Å²) in [4.78, 5) is 196. The van der Waals surface area contributed by atoms with E-state index in [1.165, 1.54) is 0 Å². The number of hydrogen-bond acceptors (Lipinski definition) is 26. The Morgan fingerprint density at radius 3 is 1.19 bits per heavy atom. The van der Waals surface area contributed by atoms with Gasteiger partial charge in [-0.25, -0.2) is 29.5 Å². The number of rotatable bonds is 47. The molecule has 10 N–H and O–H groups in total. The molecule has 38 heteroatoms. The van der Waals surface area contributed by atoms with Gasteiger partial charge in [0.2, 0.25) is 11.9 Å². The summed E-state index contributed by atoms with van der Waals surface area (Å²) < 4.78 is 104. The lowest BCUT2D eigenvalue weighted by Gasteiger charge is -2.29. The smallest absolute Gasteiger partial charge is 0.467 e. The first-order valence-electron chi connectivity index (χ1n) is 34.9. The highest BCUT2D eigenvalue weighted by Crippen LogP contribution is 2.36.